The van der Waals surface area contributed by atoms with Crippen LogP contribution in [0, 0.1) is 0 Å². The minimum absolute atomic E-state index is 0.0233. The number of alkyl halides is 3. The topological polar surface area (TPSA) is 79.5 Å². The summed E-state index contributed by atoms with van der Waals surface area (Å²) in [4.78, 5) is 23.5. The highest BCUT2D eigenvalue weighted by Crippen LogP contribution is 2.26. The number of para-hydroxylation sites is 2. The van der Waals surface area contributed by atoms with Crippen LogP contribution in [0.5, 0.6) is 5.75 Å². The summed E-state index contributed by atoms with van der Waals surface area (Å²) in [5.74, 6) is -0.789. The number of anilines is 1. The van der Waals surface area contributed by atoms with Gasteiger partial charge in [0.25, 0.3) is 0 Å². The van der Waals surface area contributed by atoms with E-state index in [1.54, 1.807) is 30.3 Å². The summed E-state index contributed by atoms with van der Waals surface area (Å²) >= 11 is 0. The first kappa shape index (κ1) is 20.1. The van der Waals surface area contributed by atoms with Crippen molar-refractivity contribution in [2.45, 2.75) is 19.3 Å². The fraction of sp³-hybridized carbons (Fsp3) is 0.222. The lowest BCUT2D eigenvalue weighted by Gasteiger charge is -2.13. The molecule has 0 bridgehead atoms. The maximum atomic E-state index is 12.4. The molecule has 0 saturated carbocycles. The summed E-state index contributed by atoms with van der Waals surface area (Å²) in [6, 6.07) is 13.9. The van der Waals surface area contributed by atoms with Gasteiger partial charge in [0, 0.05) is 30.8 Å². The van der Waals surface area contributed by atoms with Gasteiger partial charge in [-0.2, -0.15) is 0 Å². The molecule has 0 fully saturated rings. The van der Waals surface area contributed by atoms with Crippen molar-refractivity contribution in [2.24, 2.45) is 0 Å². The molecule has 0 radical (unpaired) electrons. The number of benzene rings is 2. The van der Waals surface area contributed by atoms with Crippen LogP contribution < -0.4 is 20.7 Å². The van der Waals surface area contributed by atoms with Gasteiger partial charge in [0.2, 0.25) is 5.91 Å². The molecule has 27 heavy (non-hydrogen) atoms. The highest BCUT2D eigenvalue weighted by molar-refractivity contribution is 5.89. The molecule has 6 nitrogen and oxygen atoms in total. The van der Waals surface area contributed by atoms with Crippen molar-refractivity contribution in [3.63, 3.8) is 0 Å². The van der Waals surface area contributed by atoms with Gasteiger partial charge >= 0.3 is 12.4 Å². The molecule has 144 valence electrons. The van der Waals surface area contributed by atoms with Crippen molar-refractivity contribution >= 4 is 17.6 Å². The predicted molar refractivity (Wildman–Crippen MR) is 93.1 cm³/mol. The van der Waals surface area contributed by atoms with Gasteiger partial charge in [-0.15, -0.1) is 13.2 Å². The summed E-state index contributed by atoms with van der Waals surface area (Å²) in [7, 11) is 0. The van der Waals surface area contributed by atoms with Crippen molar-refractivity contribution in [1.29, 1.82) is 0 Å². The van der Waals surface area contributed by atoms with E-state index in [1.165, 1.54) is 18.2 Å². The molecule has 0 spiro atoms. The second kappa shape index (κ2) is 9.46. The normalized spacial score (nSPS) is 10.8. The van der Waals surface area contributed by atoms with Gasteiger partial charge in [-0.25, -0.2) is 4.79 Å². The Balaban J connectivity index is 1.73. The molecule has 0 aliphatic heterocycles. The average Bonchev–Trinajstić information content (AvgIpc) is 2.60. The number of urea groups is 1. The summed E-state index contributed by atoms with van der Waals surface area (Å²) in [5, 5.41) is 7.61. The Morgan fingerprint density at radius 3 is 2.30 bits per heavy atom. The van der Waals surface area contributed by atoms with Gasteiger partial charge in [0.05, 0.1) is 0 Å². The molecular weight excluding hydrogens is 363 g/mol. The van der Waals surface area contributed by atoms with Crippen molar-refractivity contribution in [3.05, 3.63) is 60.2 Å². The maximum absolute atomic E-state index is 12.4. The maximum Gasteiger partial charge on any atom is 0.573 e. The molecule has 0 atom stereocenters. The molecule has 0 aliphatic carbocycles. The van der Waals surface area contributed by atoms with Crippen LogP contribution in [0.25, 0.3) is 0 Å². The van der Waals surface area contributed by atoms with Crippen LogP contribution in [-0.4, -0.2) is 24.8 Å². The molecule has 0 heterocycles. The van der Waals surface area contributed by atoms with Crippen LogP contribution in [0.15, 0.2) is 54.6 Å². The first-order chi connectivity index (χ1) is 12.8. The summed E-state index contributed by atoms with van der Waals surface area (Å²) in [6.07, 6.45) is -4.83. The zero-order chi connectivity index (χ0) is 19.7. The van der Waals surface area contributed by atoms with Crippen LogP contribution >= 0.6 is 0 Å². The number of amides is 3. The van der Waals surface area contributed by atoms with Gasteiger partial charge < -0.3 is 20.7 Å². The Kier molecular flexibility index (Phi) is 7.04. The monoisotopic (exact) mass is 381 g/mol. The SMILES string of the molecule is O=C(CCNC(=O)Nc1ccccc1)NCc1ccccc1OC(F)(F)F. The number of ether oxygens (including phenoxy) is 1. The van der Waals surface area contributed by atoms with Crippen LogP contribution in [0.2, 0.25) is 0 Å². The van der Waals surface area contributed by atoms with E-state index < -0.39 is 18.3 Å². The summed E-state index contributed by atoms with van der Waals surface area (Å²) < 4.78 is 41.0. The first-order valence-electron chi connectivity index (χ1n) is 8.04. The zero-order valence-corrected chi connectivity index (χ0v) is 14.2. The van der Waals surface area contributed by atoms with Crippen LogP contribution in [-0.2, 0) is 11.3 Å². The minimum Gasteiger partial charge on any atom is -0.405 e. The van der Waals surface area contributed by atoms with E-state index in [9.17, 15) is 22.8 Å². The predicted octanol–water partition coefficient (Wildman–Crippen LogP) is 3.41. The highest BCUT2D eigenvalue weighted by Gasteiger charge is 2.31. The molecule has 3 amide bonds. The van der Waals surface area contributed by atoms with E-state index in [0.29, 0.717) is 5.69 Å². The zero-order valence-electron chi connectivity index (χ0n) is 14.2. The van der Waals surface area contributed by atoms with Crippen LogP contribution in [0.1, 0.15) is 12.0 Å². The van der Waals surface area contributed by atoms with Gasteiger partial charge in [0.1, 0.15) is 5.75 Å². The largest absolute Gasteiger partial charge is 0.573 e. The third-order valence-electron chi connectivity index (χ3n) is 3.34. The fourth-order valence-electron chi connectivity index (χ4n) is 2.14. The molecule has 2 aromatic carbocycles. The quantitative estimate of drug-likeness (QED) is 0.688. The Hall–Kier alpha value is -3.23. The fourth-order valence-corrected chi connectivity index (χ4v) is 2.14. The highest BCUT2D eigenvalue weighted by atomic mass is 19.4. The van der Waals surface area contributed by atoms with Crippen molar-refractivity contribution in [1.82, 2.24) is 10.6 Å². The molecule has 2 rings (SSSR count). The van der Waals surface area contributed by atoms with Gasteiger partial charge in [-0.05, 0) is 18.2 Å². The van der Waals surface area contributed by atoms with E-state index in [4.69, 9.17) is 0 Å². The molecule has 0 aromatic heterocycles. The third-order valence-corrected chi connectivity index (χ3v) is 3.34. The number of hydrogen-bond donors (Lipinski definition) is 3. The lowest BCUT2D eigenvalue weighted by Crippen LogP contribution is -2.33. The van der Waals surface area contributed by atoms with Crippen molar-refractivity contribution < 1.29 is 27.5 Å². The molecular formula is C18H18F3N3O3. The Bertz CT molecular complexity index is 767. The van der Waals surface area contributed by atoms with E-state index in [2.05, 4.69) is 20.7 Å². The van der Waals surface area contributed by atoms with Crippen molar-refractivity contribution in [3.8, 4) is 5.75 Å². The van der Waals surface area contributed by atoms with Gasteiger partial charge in [-0.1, -0.05) is 36.4 Å². The van der Waals surface area contributed by atoms with Gasteiger partial charge in [-0.3, -0.25) is 4.79 Å². The third kappa shape index (κ3) is 7.68. The summed E-state index contributed by atoms with van der Waals surface area (Å²) in [6.45, 7) is -0.0491. The van der Waals surface area contributed by atoms with E-state index >= 15 is 0 Å². The number of halogens is 3. The first-order valence-corrected chi connectivity index (χ1v) is 8.04. The second-order valence-electron chi connectivity index (χ2n) is 5.43. The number of hydrogen-bond acceptors (Lipinski definition) is 3. The molecule has 2 aromatic rings. The molecule has 0 saturated heterocycles. The molecule has 3 N–H and O–H groups in total. The lowest BCUT2D eigenvalue weighted by molar-refractivity contribution is -0.274. The number of carbonyl (C=O) groups excluding carboxylic acids is 2. The average molecular weight is 381 g/mol. The molecule has 0 unspecified atom stereocenters. The number of nitrogens with one attached hydrogen (secondary N) is 3. The van der Waals surface area contributed by atoms with E-state index in [1.807, 2.05) is 6.07 Å². The van der Waals surface area contributed by atoms with Crippen molar-refractivity contribution in [2.75, 3.05) is 11.9 Å². The standard InChI is InChI=1S/C18H18F3N3O3/c19-18(20,21)27-15-9-5-4-6-13(15)12-23-16(25)10-11-22-17(26)24-14-7-2-1-3-8-14/h1-9H,10-12H2,(H,23,25)(H2,22,24,26). The Labute approximate surface area is 153 Å². The van der Waals surface area contributed by atoms with Crippen LogP contribution in [0.3, 0.4) is 0 Å². The Morgan fingerprint density at radius 2 is 1.59 bits per heavy atom. The smallest absolute Gasteiger partial charge is 0.405 e. The van der Waals surface area contributed by atoms with E-state index in [0.717, 1.165) is 0 Å². The lowest BCUT2D eigenvalue weighted by atomic mass is 10.2. The van der Waals surface area contributed by atoms with Crippen LogP contribution in [0.4, 0.5) is 23.7 Å². The minimum atomic E-state index is -4.81. The van der Waals surface area contributed by atoms with Gasteiger partial charge in [0.15, 0.2) is 0 Å². The molecule has 0 aliphatic rings. The number of rotatable bonds is 7. The Morgan fingerprint density at radius 1 is 0.926 bits per heavy atom. The summed E-state index contributed by atoms with van der Waals surface area (Å²) in [5.41, 5.74) is 0.804. The second-order valence-corrected chi connectivity index (χ2v) is 5.43. The molecule has 9 heteroatoms. The number of carbonyl (C=O) groups is 2. The van der Waals surface area contributed by atoms with E-state index in [-0.39, 0.29) is 30.8 Å².